The van der Waals surface area contributed by atoms with Crippen LogP contribution in [-0.4, -0.2) is 38.5 Å². The van der Waals surface area contributed by atoms with E-state index in [0.717, 1.165) is 13.0 Å². The second-order valence-electron chi connectivity index (χ2n) is 2.72. The van der Waals surface area contributed by atoms with Gasteiger partial charge in [0.25, 0.3) is 0 Å². The third-order valence-electron chi connectivity index (χ3n) is 1.98. The van der Waals surface area contributed by atoms with Crippen LogP contribution in [0.5, 0.6) is 0 Å². The molecular weight excluding hydrogens is 140 g/mol. The summed E-state index contributed by atoms with van der Waals surface area (Å²) in [6.07, 6.45) is 0.935. The summed E-state index contributed by atoms with van der Waals surface area (Å²) in [6.45, 7) is 4.84. The van der Waals surface area contributed by atoms with E-state index in [0.29, 0.717) is 0 Å². The highest BCUT2D eigenvalue weighted by atomic mass is 16.5. The van der Waals surface area contributed by atoms with E-state index in [-0.39, 0.29) is 5.85 Å². The van der Waals surface area contributed by atoms with E-state index in [1.165, 1.54) is 0 Å². The molecule has 0 rings (SSSR count). The molecule has 0 aliphatic heterocycles. The minimum absolute atomic E-state index is 0.283. The molecule has 0 aromatic carbocycles. The molecule has 1 atom stereocenters. The second-order valence-corrected chi connectivity index (χ2v) is 2.72. The molecule has 0 saturated heterocycles. The van der Waals surface area contributed by atoms with Gasteiger partial charge in [-0.15, -0.1) is 0 Å². The van der Waals surface area contributed by atoms with Gasteiger partial charge in [-0.05, 0) is 28.1 Å². The van der Waals surface area contributed by atoms with Gasteiger partial charge in [-0.1, -0.05) is 6.92 Å². The van der Waals surface area contributed by atoms with Gasteiger partial charge in [0.1, 0.15) is 0 Å². The average Bonchev–Trinajstić information content (AvgIpc) is 2.00. The monoisotopic (exact) mass is 160 g/mol. The quantitative estimate of drug-likeness (QED) is 0.604. The Morgan fingerprint density at radius 3 is 2.00 bits per heavy atom. The first-order chi connectivity index (χ1) is 5.13. The second kappa shape index (κ2) is 4.70. The number of nitrogens with zero attached hydrogens (tertiary/aromatic N) is 1. The molecule has 0 saturated carbocycles. The van der Waals surface area contributed by atoms with E-state index in [1.807, 2.05) is 28.1 Å². The fourth-order valence-electron chi connectivity index (χ4n) is 1.26. The van der Waals surface area contributed by atoms with E-state index in [2.05, 4.69) is 17.1 Å². The Balaban J connectivity index is 4.20. The van der Waals surface area contributed by atoms with E-state index in [4.69, 9.17) is 4.74 Å². The zero-order chi connectivity index (χ0) is 8.91. The fraction of sp³-hybridized carbons (Fsp3) is 1.00. The van der Waals surface area contributed by atoms with Gasteiger partial charge in [-0.3, -0.25) is 10.2 Å². The van der Waals surface area contributed by atoms with Crippen LogP contribution in [0.2, 0.25) is 0 Å². The van der Waals surface area contributed by atoms with Crippen molar-refractivity contribution in [2.45, 2.75) is 26.1 Å². The van der Waals surface area contributed by atoms with Gasteiger partial charge in [0.2, 0.25) is 0 Å². The highest BCUT2D eigenvalue weighted by Crippen LogP contribution is 2.13. The van der Waals surface area contributed by atoms with Gasteiger partial charge < -0.3 is 4.74 Å². The highest BCUT2D eigenvalue weighted by molar-refractivity contribution is 4.70. The smallest absolute Gasteiger partial charge is 0.176 e. The fourth-order valence-corrected chi connectivity index (χ4v) is 1.26. The molecule has 3 heteroatoms. The van der Waals surface area contributed by atoms with Gasteiger partial charge in [-0.25, -0.2) is 0 Å². The predicted octanol–water partition coefficient (Wildman–Crippen LogP) is 0.868. The van der Waals surface area contributed by atoms with Crippen LogP contribution in [0.3, 0.4) is 0 Å². The third kappa shape index (κ3) is 2.43. The summed E-state index contributed by atoms with van der Waals surface area (Å²) < 4.78 is 5.60. The number of hydrogen-bond acceptors (Lipinski definition) is 3. The summed E-state index contributed by atoms with van der Waals surface area (Å²) in [5, 5.41) is 3.17. The maximum absolute atomic E-state index is 5.60. The maximum Gasteiger partial charge on any atom is 0.176 e. The van der Waals surface area contributed by atoms with Crippen LogP contribution in [0.4, 0.5) is 0 Å². The molecule has 0 radical (unpaired) electrons. The summed E-state index contributed by atoms with van der Waals surface area (Å²) in [7, 11) is 5.94. The zero-order valence-electron chi connectivity index (χ0n) is 8.27. The largest absolute Gasteiger partial charge is 0.347 e. The van der Waals surface area contributed by atoms with E-state index < -0.39 is 0 Å². The molecule has 68 valence electrons. The van der Waals surface area contributed by atoms with Gasteiger partial charge >= 0.3 is 0 Å². The van der Waals surface area contributed by atoms with Crippen molar-refractivity contribution in [3.8, 4) is 0 Å². The first-order valence-corrected chi connectivity index (χ1v) is 4.13. The lowest BCUT2D eigenvalue weighted by Crippen LogP contribution is -2.56. The zero-order valence-corrected chi connectivity index (χ0v) is 8.27. The summed E-state index contributed by atoms with van der Waals surface area (Å²) in [4.78, 5) is 2.05. The summed E-state index contributed by atoms with van der Waals surface area (Å²) in [5.74, 6) is -0.283. The molecule has 0 aliphatic carbocycles. The van der Waals surface area contributed by atoms with Crippen molar-refractivity contribution in [1.29, 1.82) is 0 Å². The van der Waals surface area contributed by atoms with Crippen LogP contribution in [-0.2, 0) is 4.74 Å². The van der Waals surface area contributed by atoms with Crippen LogP contribution in [0, 0.1) is 0 Å². The average molecular weight is 160 g/mol. The highest BCUT2D eigenvalue weighted by Gasteiger charge is 2.28. The lowest BCUT2D eigenvalue weighted by molar-refractivity contribution is -0.155. The molecule has 0 aliphatic rings. The Morgan fingerprint density at radius 2 is 1.91 bits per heavy atom. The molecular formula is C8H20N2O. The first-order valence-electron chi connectivity index (χ1n) is 4.13. The molecule has 0 aromatic heterocycles. The molecule has 0 amide bonds. The van der Waals surface area contributed by atoms with Gasteiger partial charge in [0, 0.05) is 13.0 Å². The summed E-state index contributed by atoms with van der Waals surface area (Å²) >= 11 is 0. The Labute approximate surface area is 69.7 Å². The molecule has 0 aromatic rings. The normalized spacial score (nSPS) is 16.9. The maximum atomic E-state index is 5.60. The molecule has 1 unspecified atom stereocenters. The lowest BCUT2D eigenvalue weighted by atomic mass is 10.3. The van der Waals surface area contributed by atoms with Crippen LogP contribution >= 0.6 is 0 Å². The Kier molecular flexibility index (Phi) is 4.65. The number of nitrogens with one attached hydrogen (secondary N) is 1. The molecule has 0 spiro atoms. The summed E-state index contributed by atoms with van der Waals surface area (Å²) in [5.41, 5.74) is 0. The van der Waals surface area contributed by atoms with Gasteiger partial charge in [0.05, 0.1) is 0 Å². The number of ether oxygens (including phenoxy) is 1. The molecule has 1 N–H and O–H groups in total. The van der Waals surface area contributed by atoms with Crippen molar-refractivity contribution in [3.05, 3.63) is 0 Å². The number of hydrogen-bond donors (Lipinski definition) is 1. The molecule has 3 nitrogen and oxygen atoms in total. The van der Waals surface area contributed by atoms with Crippen LogP contribution in [0.25, 0.3) is 0 Å². The Hall–Kier alpha value is -0.120. The number of rotatable bonds is 5. The van der Waals surface area contributed by atoms with Crippen molar-refractivity contribution in [1.82, 2.24) is 10.2 Å². The van der Waals surface area contributed by atoms with Crippen LogP contribution < -0.4 is 5.32 Å². The Morgan fingerprint density at radius 1 is 1.36 bits per heavy atom. The molecule has 11 heavy (non-hydrogen) atoms. The molecule has 0 heterocycles. The van der Waals surface area contributed by atoms with Crippen molar-refractivity contribution >= 4 is 0 Å². The van der Waals surface area contributed by atoms with E-state index in [9.17, 15) is 0 Å². The van der Waals surface area contributed by atoms with Crippen LogP contribution in [0.15, 0.2) is 0 Å². The minimum Gasteiger partial charge on any atom is -0.347 e. The third-order valence-corrected chi connectivity index (χ3v) is 1.98. The first kappa shape index (κ1) is 10.9. The SMILES string of the molecule is CCOC(CC)(NC)N(C)C. The van der Waals surface area contributed by atoms with Gasteiger partial charge in [0.15, 0.2) is 5.85 Å². The van der Waals surface area contributed by atoms with Crippen molar-refractivity contribution in [2.75, 3.05) is 27.7 Å². The van der Waals surface area contributed by atoms with E-state index >= 15 is 0 Å². The topological polar surface area (TPSA) is 24.5 Å². The van der Waals surface area contributed by atoms with E-state index in [1.54, 1.807) is 0 Å². The molecule has 0 fully saturated rings. The van der Waals surface area contributed by atoms with Crippen molar-refractivity contribution < 1.29 is 4.74 Å². The predicted molar refractivity (Wildman–Crippen MR) is 47.4 cm³/mol. The standard InChI is InChI=1S/C8H20N2O/c1-6-8(9-3,10(4)5)11-7-2/h9H,6-7H2,1-5H3. The lowest BCUT2D eigenvalue weighted by Gasteiger charge is -2.38. The van der Waals surface area contributed by atoms with Gasteiger partial charge in [-0.2, -0.15) is 0 Å². The van der Waals surface area contributed by atoms with Crippen molar-refractivity contribution in [2.24, 2.45) is 0 Å². The van der Waals surface area contributed by atoms with Crippen LogP contribution in [0.1, 0.15) is 20.3 Å². The van der Waals surface area contributed by atoms with Crippen molar-refractivity contribution in [3.63, 3.8) is 0 Å². The Bertz CT molecular complexity index is 100. The summed E-state index contributed by atoms with van der Waals surface area (Å²) in [6, 6.07) is 0. The molecule has 0 bridgehead atoms. The minimum atomic E-state index is -0.283.